The van der Waals surface area contributed by atoms with Gasteiger partial charge in [0.2, 0.25) is 0 Å². The molecule has 2 N–H and O–H groups in total. The quantitative estimate of drug-likeness (QED) is 0.872. The molecular formula is C16H19N3O3. The molecule has 1 unspecified atom stereocenters. The summed E-state index contributed by atoms with van der Waals surface area (Å²) in [5.74, 6) is -0.247. The molecule has 2 aromatic rings. The fourth-order valence-corrected chi connectivity index (χ4v) is 2.97. The summed E-state index contributed by atoms with van der Waals surface area (Å²) in [5, 5.41) is 18.3. The Labute approximate surface area is 128 Å². The molecule has 0 bridgehead atoms. The van der Waals surface area contributed by atoms with E-state index >= 15 is 0 Å². The summed E-state index contributed by atoms with van der Waals surface area (Å²) >= 11 is 0. The van der Waals surface area contributed by atoms with Crippen LogP contribution < -0.4 is 0 Å². The molecule has 3 rings (SSSR count). The Morgan fingerprint density at radius 1 is 1.27 bits per heavy atom. The molecule has 0 radical (unpaired) electrons. The van der Waals surface area contributed by atoms with Crippen molar-refractivity contribution in [2.45, 2.75) is 19.0 Å². The Kier molecular flexibility index (Phi) is 4.22. The third kappa shape index (κ3) is 2.75. The number of rotatable bonds is 5. The van der Waals surface area contributed by atoms with Crippen LogP contribution in [0.3, 0.4) is 0 Å². The Balaban J connectivity index is 2.01. The van der Waals surface area contributed by atoms with Crippen LogP contribution in [0, 0.1) is 0 Å². The maximum Gasteiger partial charge on any atom is 0.356 e. The molecule has 22 heavy (non-hydrogen) atoms. The first-order valence-electron chi connectivity index (χ1n) is 7.41. The molecular weight excluding hydrogens is 282 g/mol. The smallest absolute Gasteiger partial charge is 0.356 e. The normalized spacial score (nSPS) is 18.1. The number of carboxylic acids is 1. The van der Waals surface area contributed by atoms with E-state index in [-0.39, 0.29) is 18.3 Å². The number of aromatic carboxylic acids is 1. The molecule has 1 aliphatic heterocycles. The number of fused-ring (bicyclic) bond motifs is 1. The van der Waals surface area contributed by atoms with E-state index in [9.17, 15) is 9.90 Å². The third-order valence-corrected chi connectivity index (χ3v) is 3.98. The molecule has 116 valence electrons. The Morgan fingerprint density at radius 2 is 2.05 bits per heavy atom. The minimum absolute atomic E-state index is 0.0744. The fraction of sp³-hybridized carbons (Fsp3) is 0.375. The molecule has 0 fully saturated rings. The zero-order valence-electron chi connectivity index (χ0n) is 12.2. The van der Waals surface area contributed by atoms with Gasteiger partial charge in [-0.15, -0.1) is 0 Å². The number of carboxylic acid groups (broad SMARTS) is 1. The van der Waals surface area contributed by atoms with Crippen molar-refractivity contribution in [2.24, 2.45) is 0 Å². The van der Waals surface area contributed by atoms with Crippen LogP contribution in [0.1, 0.15) is 34.3 Å². The molecule has 1 aromatic carbocycles. The SMILES string of the molecule is O=C(O)c1cn2c(n1)C(c1ccccc1)N(CCCO)CC2. The van der Waals surface area contributed by atoms with Crippen LogP contribution in [-0.2, 0) is 6.54 Å². The van der Waals surface area contributed by atoms with Gasteiger partial charge in [0.15, 0.2) is 5.69 Å². The summed E-state index contributed by atoms with van der Waals surface area (Å²) in [7, 11) is 0. The first-order valence-corrected chi connectivity index (χ1v) is 7.41. The standard InChI is InChI=1S/C16H19N3O3/c20-10-4-7-18-8-9-19-11-13(16(21)22)17-15(19)14(18)12-5-2-1-3-6-12/h1-3,5-6,11,14,20H,4,7-10H2,(H,21,22). The summed E-state index contributed by atoms with van der Waals surface area (Å²) in [6.07, 6.45) is 2.30. The van der Waals surface area contributed by atoms with Gasteiger partial charge in [-0.25, -0.2) is 9.78 Å². The summed E-state index contributed by atoms with van der Waals surface area (Å²) in [6.45, 7) is 2.42. The highest BCUT2D eigenvalue weighted by Gasteiger charge is 2.31. The van der Waals surface area contributed by atoms with Gasteiger partial charge in [0.1, 0.15) is 5.82 Å². The lowest BCUT2D eigenvalue weighted by molar-refractivity contribution is 0.0690. The number of aromatic nitrogens is 2. The van der Waals surface area contributed by atoms with Gasteiger partial charge in [0.25, 0.3) is 0 Å². The lowest BCUT2D eigenvalue weighted by Crippen LogP contribution is -2.39. The average Bonchev–Trinajstić information content (AvgIpc) is 2.97. The largest absolute Gasteiger partial charge is 0.476 e. The maximum atomic E-state index is 11.2. The van der Waals surface area contributed by atoms with Crippen LogP contribution in [0.2, 0.25) is 0 Å². The van der Waals surface area contributed by atoms with Crippen molar-refractivity contribution in [1.29, 1.82) is 0 Å². The van der Waals surface area contributed by atoms with Crippen molar-refractivity contribution in [3.8, 4) is 0 Å². The Hall–Kier alpha value is -2.18. The number of hydrogen-bond donors (Lipinski definition) is 2. The monoisotopic (exact) mass is 301 g/mol. The van der Waals surface area contributed by atoms with Gasteiger partial charge >= 0.3 is 5.97 Å². The first-order chi connectivity index (χ1) is 10.7. The van der Waals surface area contributed by atoms with E-state index < -0.39 is 5.97 Å². The summed E-state index contributed by atoms with van der Waals surface area (Å²) in [6, 6.07) is 9.89. The highest BCUT2D eigenvalue weighted by atomic mass is 16.4. The molecule has 0 spiro atoms. The van der Waals surface area contributed by atoms with Crippen LogP contribution in [0.5, 0.6) is 0 Å². The van der Waals surface area contributed by atoms with E-state index in [4.69, 9.17) is 5.11 Å². The van der Waals surface area contributed by atoms with Crippen molar-refractivity contribution in [3.05, 3.63) is 53.6 Å². The van der Waals surface area contributed by atoms with E-state index in [0.29, 0.717) is 13.0 Å². The highest BCUT2D eigenvalue weighted by Crippen LogP contribution is 2.31. The molecule has 1 atom stereocenters. The second-order valence-electron chi connectivity index (χ2n) is 5.41. The van der Waals surface area contributed by atoms with Gasteiger partial charge in [0, 0.05) is 32.4 Å². The van der Waals surface area contributed by atoms with Gasteiger partial charge in [0.05, 0.1) is 6.04 Å². The second kappa shape index (κ2) is 6.29. The van der Waals surface area contributed by atoms with Crippen molar-refractivity contribution in [3.63, 3.8) is 0 Å². The van der Waals surface area contributed by atoms with Gasteiger partial charge in [-0.1, -0.05) is 30.3 Å². The summed E-state index contributed by atoms with van der Waals surface area (Å²) in [4.78, 5) is 17.8. The zero-order chi connectivity index (χ0) is 15.5. The molecule has 1 aromatic heterocycles. The number of nitrogens with zero attached hydrogens (tertiary/aromatic N) is 3. The van der Waals surface area contributed by atoms with Crippen LogP contribution in [-0.4, -0.2) is 50.3 Å². The predicted octanol–water partition coefficient (Wildman–Crippen LogP) is 1.37. The molecule has 0 saturated heterocycles. The molecule has 0 saturated carbocycles. The summed E-state index contributed by atoms with van der Waals surface area (Å²) < 4.78 is 1.93. The maximum absolute atomic E-state index is 11.2. The number of hydrogen-bond acceptors (Lipinski definition) is 4. The van der Waals surface area contributed by atoms with E-state index in [1.165, 1.54) is 0 Å². The van der Waals surface area contributed by atoms with Crippen molar-refractivity contribution in [2.75, 3.05) is 19.7 Å². The van der Waals surface area contributed by atoms with Gasteiger partial charge in [-0.3, -0.25) is 4.90 Å². The number of imidazole rings is 1. The zero-order valence-corrected chi connectivity index (χ0v) is 12.2. The van der Waals surface area contributed by atoms with E-state index in [1.807, 2.05) is 34.9 Å². The van der Waals surface area contributed by atoms with Crippen molar-refractivity contribution < 1.29 is 15.0 Å². The lowest BCUT2D eigenvalue weighted by atomic mass is 10.0. The van der Waals surface area contributed by atoms with E-state index in [2.05, 4.69) is 9.88 Å². The van der Waals surface area contributed by atoms with Crippen LogP contribution >= 0.6 is 0 Å². The van der Waals surface area contributed by atoms with Crippen LogP contribution in [0.25, 0.3) is 0 Å². The van der Waals surface area contributed by atoms with Crippen LogP contribution in [0.15, 0.2) is 36.5 Å². The van der Waals surface area contributed by atoms with Crippen LogP contribution in [0.4, 0.5) is 0 Å². The van der Waals surface area contributed by atoms with E-state index in [1.54, 1.807) is 6.20 Å². The third-order valence-electron chi connectivity index (χ3n) is 3.98. The molecule has 0 aliphatic carbocycles. The average molecular weight is 301 g/mol. The minimum atomic E-state index is -1.00. The molecule has 1 aliphatic rings. The highest BCUT2D eigenvalue weighted by molar-refractivity contribution is 5.85. The van der Waals surface area contributed by atoms with Gasteiger partial charge < -0.3 is 14.8 Å². The molecule has 6 nitrogen and oxygen atoms in total. The molecule has 6 heteroatoms. The predicted molar refractivity (Wildman–Crippen MR) is 80.7 cm³/mol. The van der Waals surface area contributed by atoms with Gasteiger partial charge in [-0.05, 0) is 12.0 Å². The number of aliphatic hydroxyl groups excluding tert-OH is 1. The number of aliphatic hydroxyl groups is 1. The topological polar surface area (TPSA) is 78.6 Å². The summed E-state index contributed by atoms with van der Waals surface area (Å²) in [5.41, 5.74) is 1.17. The second-order valence-corrected chi connectivity index (χ2v) is 5.41. The lowest BCUT2D eigenvalue weighted by Gasteiger charge is -2.36. The molecule has 0 amide bonds. The first kappa shape index (κ1) is 14.7. The fourth-order valence-electron chi connectivity index (χ4n) is 2.97. The minimum Gasteiger partial charge on any atom is -0.476 e. The molecule has 2 heterocycles. The number of benzene rings is 1. The Bertz CT molecular complexity index is 654. The van der Waals surface area contributed by atoms with Crippen molar-refractivity contribution in [1.82, 2.24) is 14.5 Å². The van der Waals surface area contributed by atoms with Gasteiger partial charge in [-0.2, -0.15) is 0 Å². The Morgan fingerprint density at radius 3 is 2.73 bits per heavy atom. The van der Waals surface area contributed by atoms with Crippen molar-refractivity contribution >= 4 is 5.97 Å². The number of carbonyl (C=O) groups is 1. The van der Waals surface area contributed by atoms with E-state index in [0.717, 1.165) is 24.5 Å².